The topological polar surface area (TPSA) is 96.0 Å². The van der Waals surface area contributed by atoms with Gasteiger partial charge in [0.15, 0.2) is 0 Å². The van der Waals surface area contributed by atoms with Crippen molar-refractivity contribution in [1.82, 2.24) is 10.2 Å². The van der Waals surface area contributed by atoms with E-state index >= 15 is 0 Å². The van der Waals surface area contributed by atoms with Crippen LogP contribution in [0.1, 0.15) is 50.2 Å². The largest absolute Gasteiger partial charge is 0.497 e. The molecule has 1 atom stereocenters. The van der Waals surface area contributed by atoms with Crippen LogP contribution >= 0.6 is 0 Å². The van der Waals surface area contributed by atoms with E-state index in [1.165, 1.54) is 29.2 Å². The van der Waals surface area contributed by atoms with E-state index in [1.807, 2.05) is 13.0 Å². The van der Waals surface area contributed by atoms with Gasteiger partial charge in [-0.25, -0.2) is 12.8 Å². The first-order chi connectivity index (χ1) is 20.1. The minimum absolute atomic E-state index is 0.00680. The standard InChI is InChI=1S/C32H38FN3O5S/c1-23-12-18-30(19-13-23)42(39,40)36(28-16-14-26(33)15-17-28)22-31(37)35(21-25-8-7-11-29(20-25)41-3)24(2)32(38)34-27-9-5-4-6-10-27/h7-8,11-20,24,27H,4-6,9-10,21-22H2,1-3H3,(H,34,38). The summed E-state index contributed by atoms with van der Waals surface area (Å²) in [7, 11) is -2.68. The molecular weight excluding hydrogens is 557 g/mol. The summed E-state index contributed by atoms with van der Waals surface area (Å²) in [6.45, 7) is 2.95. The lowest BCUT2D eigenvalue weighted by molar-refractivity contribution is -0.139. The van der Waals surface area contributed by atoms with Gasteiger partial charge in [0.1, 0.15) is 24.2 Å². The minimum atomic E-state index is -4.22. The Balaban J connectivity index is 1.68. The molecule has 1 fully saturated rings. The summed E-state index contributed by atoms with van der Waals surface area (Å²) < 4.78 is 47.8. The fourth-order valence-corrected chi connectivity index (χ4v) is 6.51. The van der Waals surface area contributed by atoms with Gasteiger partial charge >= 0.3 is 0 Å². The zero-order valence-corrected chi connectivity index (χ0v) is 25.1. The average molecular weight is 596 g/mol. The molecule has 0 aliphatic heterocycles. The Morgan fingerprint density at radius 2 is 1.67 bits per heavy atom. The van der Waals surface area contributed by atoms with Gasteiger partial charge in [0.25, 0.3) is 10.0 Å². The molecular formula is C32H38FN3O5S. The Morgan fingerprint density at radius 1 is 1.00 bits per heavy atom. The second-order valence-electron chi connectivity index (χ2n) is 10.7. The number of methoxy groups -OCH3 is 1. The third-order valence-corrected chi connectivity index (χ3v) is 9.40. The maximum absolute atomic E-state index is 14.1. The summed E-state index contributed by atoms with van der Waals surface area (Å²) in [6.07, 6.45) is 4.98. The molecule has 0 radical (unpaired) electrons. The number of ether oxygens (including phenoxy) is 1. The predicted molar refractivity (Wildman–Crippen MR) is 160 cm³/mol. The number of sulfonamides is 1. The molecule has 0 saturated heterocycles. The number of rotatable bonds is 11. The Labute approximate surface area is 247 Å². The van der Waals surface area contributed by atoms with Crippen molar-refractivity contribution >= 4 is 27.5 Å². The Kier molecular flexibility index (Phi) is 10.2. The molecule has 0 aromatic heterocycles. The molecule has 1 aliphatic rings. The molecule has 1 saturated carbocycles. The van der Waals surface area contributed by atoms with E-state index in [0.29, 0.717) is 5.75 Å². The van der Waals surface area contributed by atoms with Gasteiger partial charge in [0.05, 0.1) is 17.7 Å². The van der Waals surface area contributed by atoms with E-state index in [2.05, 4.69) is 5.32 Å². The van der Waals surface area contributed by atoms with Gasteiger partial charge in [0, 0.05) is 12.6 Å². The molecule has 2 amide bonds. The predicted octanol–water partition coefficient (Wildman–Crippen LogP) is 5.20. The van der Waals surface area contributed by atoms with Gasteiger partial charge in [-0.15, -0.1) is 0 Å². The van der Waals surface area contributed by atoms with Crippen LogP contribution in [0.5, 0.6) is 5.75 Å². The monoisotopic (exact) mass is 595 g/mol. The van der Waals surface area contributed by atoms with E-state index in [9.17, 15) is 22.4 Å². The summed E-state index contributed by atoms with van der Waals surface area (Å²) in [5, 5.41) is 3.08. The normalized spacial score (nSPS) is 14.6. The molecule has 0 spiro atoms. The number of amides is 2. The fraction of sp³-hybridized carbons (Fsp3) is 0.375. The van der Waals surface area contributed by atoms with E-state index in [0.717, 1.165) is 59.7 Å². The highest BCUT2D eigenvalue weighted by Crippen LogP contribution is 2.26. The van der Waals surface area contributed by atoms with Gasteiger partial charge in [0.2, 0.25) is 11.8 Å². The first kappa shape index (κ1) is 31.0. The number of nitrogens with zero attached hydrogens (tertiary/aromatic N) is 2. The van der Waals surface area contributed by atoms with E-state index in [1.54, 1.807) is 44.4 Å². The average Bonchev–Trinajstić information content (AvgIpc) is 2.99. The van der Waals surface area contributed by atoms with Crippen molar-refractivity contribution < 1.29 is 27.1 Å². The summed E-state index contributed by atoms with van der Waals surface area (Å²) in [6, 6.07) is 17.5. The summed E-state index contributed by atoms with van der Waals surface area (Å²) in [5.74, 6) is -0.823. The van der Waals surface area contributed by atoms with Crippen LogP contribution < -0.4 is 14.4 Å². The first-order valence-corrected chi connectivity index (χ1v) is 15.6. The van der Waals surface area contributed by atoms with E-state index < -0.39 is 34.3 Å². The minimum Gasteiger partial charge on any atom is -0.497 e. The number of carbonyl (C=O) groups is 2. The highest BCUT2D eigenvalue weighted by molar-refractivity contribution is 7.92. The number of hydrogen-bond donors (Lipinski definition) is 1. The SMILES string of the molecule is COc1cccc(CN(C(=O)CN(c2ccc(F)cc2)S(=O)(=O)c2ccc(C)cc2)C(C)C(=O)NC2CCCCC2)c1. The van der Waals surface area contributed by atoms with Crippen molar-refractivity contribution in [2.75, 3.05) is 18.0 Å². The van der Waals surface area contributed by atoms with Crippen molar-refractivity contribution in [3.8, 4) is 5.75 Å². The van der Waals surface area contributed by atoms with Gasteiger partial charge in [-0.05, 0) is 80.8 Å². The lowest BCUT2D eigenvalue weighted by Gasteiger charge is -2.33. The fourth-order valence-electron chi connectivity index (χ4n) is 5.09. The third-order valence-electron chi connectivity index (χ3n) is 7.61. The van der Waals surface area contributed by atoms with Crippen molar-refractivity contribution in [1.29, 1.82) is 0 Å². The smallest absolute Gasteiger partial charge is 0.264 e. The number of halogens is 1. The number of benzene rings is 3. The summed E-state index contributed by atoms with van der Waals surface area (Å²) in [5.41, 5.74) is 1.72. The van der Waals surface area contributed by atoms with Crippen LogP contribution in [0.4, 0.5) is 10.1 Å². The highest BCUT2D eigenvalue weighted by Gasteiger charge is 2.33. The molecule has 0 bridgehead atoms. The molecule has 3 aromatic rings. The first-order valence-electron chi connectivity index (χ1n) is 14.2. The third kappa shape index (κ3) is 7.67. The molecule has 1 aliphatic carbocycles. The molecule has 4 rings (SSSR count). The number of aryl methyl sites for hydroxylation is 1. The van der Waals surface area contributed by atoms with Crippen LogP contribution in [0.3, 0.4) is 0 Å². The summed E-state index contributed by atoms with van der Waals surface area (Å²) >= 11 is 0. The lowest BCUT2D eigenvalue weighted by atomic mass is 9.95. The van der Waals surface area contributed by atoms with E-state index in [4.69, 9.17) is 4.74 Å². The van der Waals surface area contributed by atoms with Gasteiger partial charge < -0.3 is 15.0 Å². The maximum atomic E-state index is 14.1. The molecule has 0 heterocycles. The number of anilines is 1. The lowest BCUT2D eigenvalue weighted by Crippen LogP contribution is -2.53. The molecule has 1 N–H and O–H groups in total. The van der Waals surface area contributed by atoms with Gasteiger partial charge in [-0.2, -0.15) is 0 Å². The van der Waals surface area contributed by atoms with Gasteiger partial charge in [-0.1, -0.05) is 49.1 Å². The van der Waals surface area contributed by atoms with Crippen molar-refractivity contribution in [3.05, 3.63) is 89.7 Å². The van der Waals surface area contributed by atoms with Crippen LogP contribution in [0.15, 0.2) is 77.7 Å². The van der Waals surface area contributed by atoms with Crippen molar-refractivity contribution in [2.24, 2.45) is 0 Å². The molecule has 42 heavy (non-hydrogen) atoms. The zero-order chi connectivity index (χ0) is 30.3. The maximum Gasteiger partial charge on any atom is 0.264 e. The van der Waals surface area contributed by atoms with Crippen LogP contribution in [0.25, 0.3) is 0 Å². The second-order valence-corrected chi connectivity index (χ2v) is 12.6. The quantitative estimate of drug-likeness (QED) is 0.329. The second kappa shape index (κ2) is 13.8. The number of carbonyl (C=O) groups excluding carboxylic acids is 2. The van der Waals surface area contributed by atoms with E-state index in [-0.39, 0.29) is 29.1 Å². The number of hydrogen-bond acceptors (Lipinski definition) is 5. The Bertz CT molecular complexity index is 1470. The molecule has 1 unspecified atom stereocenters. The van der Waals surface area contributed by atoms with Crippen LogP contribution in [-0.2, 0) is 26.2 Å². The van der Waals surface area contributed by atoms with Gasteiger partial charge in [-0.3, -0.25) is 13.9 Å². The molecule has 8 nitrogen and oxygen atoms in total. The zero-order valence-electron chi connectivity index (χ0n) is 24.3. The summed E-state index contributed by atoms with van der Waals surface area (Å²) in [4.78, 5) is 28.8. The number of nitrogens with one attached hydrogen (secondary N) is 1. The Morgan fingerprint density at radius 3 is 2.31 bits per heavy atom. The van der Waals surface area contributed by atoms with Crippen LogP contribution in [0, 0.1) is 12.7 Å². The van der Waals surface area contributed by atoms with Crippen molar-refractivity contribution in [2.45, 2.75) is 69.5 Å². The van der Waals surface area contributed by atoms with Crippen LogP contribution in [0.2, 0.25) is 0 Å². The van der Waals surface area contributed by atoms with Crippen molar-refractivity contribution in [3.63, 3.8) is 0 Å². The molecule has 224 valence electrons. The molecule has 3 aromatic carbocycles. The highest BCUT2D eigenvalue weighted by atomic mass is 32.2. The Hall–Kier alpha value is -3.92. The molecule has 10 heteroatoms. The van der Waals surface area contributed by atoms with Crippen LogP contribution in [-0.4, -0.2) is 50.9 Å².